The molecule has 1 aromatic carbocycles. The van der Waals surface area contributed by atoms with Gasteiger partial charge in [-0.05, 0) is 17.9 Å². The minimum absolute atomic E-state index is 0.224. The third kappa shape index (κ3) is 6.29. The van der Waals surface area contributed by atoms with Crippen molar-refractivity contribution >= 4 is 14.1 Å². The van der Waals surface area contributed by atoms with Crippen molar-refractivity contribution in [1.82, 2.24) is 4.90 Å². The first-order chi connectivity index (χ1) is 11.6. The summed E-state index contributed by atoms with van der Waals surface area (Å²) in [7, 11) is -0.468. The maximum Gasteiger partial charge on any atom is 0.411 e. The molecule has 0 N–H and O–H groups in total. The summed E-state index contributed by atoms with van der Waals surface area (Å²) in [5.41, 5.74) is 0.938. The third-order valence-electron chi connectivity index (χ3n) is 4.49. The van der Waals surface area contributed by atoms with Crippen molar-refractivity contribution in [3.8, 4) is 0 Å². The largest absolute Gasteiger partial charge is 0.444 e. The second kappa shape index (κ2) is 9.85. The van der Waals surface area contributed by atoms with E-state index in [-0.39, 0.29) is 6.61 Å². The van der Waals surface area contributed by atoms with Crippen LogP contribution < -0.4 is 0 Å². The Morgan fingerprint density at radius 3 is 2.54 bits per heavy atom. The molecule has 2 unspecified atom stereocenters. The summed E-state index contributed by atoms with van der Waals surface area (Å²) in [6.45, 7) is 1.78. The van der Waals surface area contributed by atoms with E-state index in [4.69, 9.17) is 9.26 Å². The van der Waals surface area contributed by atoms with Crippen LogP contribution in [0.4, 0.5) is 4.79 Å². The lowest BCUT2D eigenvalue weighted by atomic mass is 9.86. The second-order valence-electron chi connectivity index (χ2n) is 6.45. The first-order valence-electron chi connectivity index (χ1n) is 8.67. The molecule has 1 aliphatic rings. The van der Waals surface area contributed by atoms with E-state index in [0.29, 0.717) is 5.92 Å². The molecule has 1 amide bonds. The summed E-state index contributed by atoms with van der Waals surface area (Å²) >= 11 is 0. The molecule has 0 saturated heterocycles. The number of hydrogen-bond donors (Lipinski definition) is 0. The lowest BCUT2D eigenvalue weighted by Gasteiger charge is -2.31. The van der Waals surface area contributed by atoms with Crippen LogP contribution in [-0.4, -0.2) is 30.9 Å². The smallest absolute Gasteiger partial charge is 0.411 e. The molecule has 0 aromatic heterocycles. The molecule has 0 aliphatic heterocycles. The van der Waals surface area contributed by atoms with Gasteiger partial charge in [0.15, 0.2) is 8.03 Å². The van der Waals surface area contributed by atoms with Gasteiger partial charge in [0.05, 0.1) is 0 Å². The first-order valence-corrected chi connectivity index (χ1v) is 10.5. The predicted octanol–water partition coefficient (Wildman–Crippen LogP) is 4.67. The van der Waals surface area contributed by atoms with E-state index in [0.717, 1.165) is 24.8 Å². The van der Waals surface area contributed by atoms with Gasteiger partial charge in [-0.3, -0.25) is 9.46 Å². The average molecular weight is 353 g/mol. The van der Waals surface area contributed by atoms with Crippen LogP contribution >= 0.6 is 8.03 Å². The number of ether oxygens (including phenoxy) is 1. The van der Waals surface area contributed by atoms with Gasteiger partial charge < -0.3 is 9.26 Å². The molecular weight excluding hydrogens is 325 g/mol. The summed E-state index contributed by atoms with van der Waals surface area (Å²) < 4.78 is 22.5. The van der Waals surface area contributed by atoms with Crippen LogP contribution in [-0.2, 0) is 20.4 Å². The molecular formula is C18H28NO4P. The zero-order chi connectivity index (χ0) is 17.4. The summed E-state index contributed by atoms with van der Waals surface area (Å²) in [5.74, 6) is 0.523. The molecule has 0 radical (unpaired) electrons. The average Bonchev–Trinajstić information content (AvgIpc) is 2.60. The number of hydrogen-bond acceptors (Lipinski definition) is 4. The maximum atomic E-state index is 12.3. The quantitative estimate of drug-likeness (QED) is 0.528. The minimum atomic E-state index is -2.13. The molecule has 1 aliphatic carbocycles. The summed E-state index contributed by atoms with van der Waals surface area (Å²) in [4.78, 5) is 13.8. The van der Waals surface area contributed by atoms with Gasteiger partial charge in [-0.25, -0.2) is 4.79 Å². The molecule has 2 atom stereocenters. The number of carbonyl (C=O) groups is 1. The minimum Gasteiger partial charge on any atom is -0.444 e. The molecule has 1 fully saturated rings. The molecule has 0 bridgehead atoms. The zero-order valence-corrected chi connectivity index (χ0v) is 15.6. The van der Waals surface area contributed by atoms with Gasteiger partial charge in [-0.15, -0.1) is 0 Å². The fourth-order valence-corrected chi connectivity index (χ4v) is 3.76. The fraction of sp³-hybridized carbons (Fsp3) is 0.611. The van der Waals surface area contributed by atoms with E-state index >= 15 is 0 Å². The second-order valence-corrected chi connectivity index (χ2v) is 7.67. The van der Waals surface area contributed by atoms with Crippen molar-refractivity contribution in [2.24, 2.45) is 5.92 Å². The predicted molar refractivity (Wildman–Crippen MR) is 95.4 cm³/mol. The Labute approximate surface area is 145 Å². The normalized spacial score (nSPS) is 17.9. The van der Waals surface area contributed by atoms with Crippen LogP contribution in [0.2, 0.25) is 0 Å². The van der Waals surface area contributed by atoms with E-state index in [1.54, 1.807) is 13.7 Å². The maximum absolute atomic E-state index is 12.3. The molecule has 0 spiro atoms. The highest BCUT2D eigenvalue weighted by molar-refractivity contribution is 7.38. The highest BCUT2D eigenvalue weighted by Gasteiger charge is 2.27. The molecule has 1 saturated carbocycles. The van der Waals surface area contributed by atoms with Crippen LogP contribution in [0.1, 0.15) is 44.1 Å². The monoisotopic (exact) mass is 353 g/mol. The standard InChI is InChI=1S/C18H28NO4P/c1-19(18(20)22-14-16-11-7-4-8-12-16)17(23-24(2)21)13-15-9-5-3-6-10-15/h4,7-8,11-12,15,17,24H,3,5-6,9-10,13-14H2,1-2H3. The van der Waals surface area contributed by atoms with Gasteiger partial charge in [-0.2, -0.15) is 0 Å². The fourth-order valence-electron chi connectivity index (χ4n) is 3.12. The lowest BCUT2D eigenvalue weighted by Crippen LogP contribution is -2.39. The Balaban J connectivity index is 1.90. The van der Waals surface area contributed by atoms with Crippen LogP contribution in [0.5, 0.6) is 0 Å². The Hall–Kier alpha value is -1.32. The van der Waals surface area contributed by atoms with Crippen LogP contribution in [0, 0.1) is 5.92 Å². The number of carbonyl (C=O) groups excluding carboxylic acids is 1. The van der Waals surface area contributed by atoms with Gasteiger partial charge in [0.2, 0.25) is 0 Å². The van der Waals surface area contributed by atoms with Gasteiger partial charge in [0, 0.05) is 13.7 Å². The molecule has 6 heteroatoms. The number of nitrogens with zero attached hydrogens (tertiary/aromatic N) is 1. The highest BCUT2D eigenvalue weighted by Crippen LogP contribution is 2.32. The SMILES string of the molecule is CN(C(=O)OCc1ccccc1)C(CC1CCCCC1)O[PH](C)=O. The molecule has 2 rings (SSSR count). The van der Waals surface area contributed by atoms with Crippen molar-refractivity contribution < 1.29 is 18.6 Å². The molecule has 24 heavy (non-hydrogen) atoms. The van der Waals surface area contributed by atoms with Crippen molar-refractivity contribution in [3.63, 3.8) is 0 Å². The number of benzene rings is 1. The number of rotatable bonds is 7. The Morgan fingerprint density at radius 2 is 1.92 bits per heavy atom. The summed E-state index contributed by atoms with van der Waals surface area (Å²) in [6, 6.07) is 9.56. The molecule has 1 aromatic rings. The van der Waals surface area contributed by atoms with Crippen LogP contribution in [0.3, 0.4) is 0 Å². The van der Waals surface area contributed by atoms with Gasteiger partial charge in [-0.1, -0.05) is 62.4 Å². The van der Waals surface area contributed by atoms with Crippen molar-refractivity contribution in [2.45, 2.75) is 51.4 Å². The molecule has 5 nitrogen and oxygen atoms in total. The Morgan fingerprint density at radius 1 is 1.25 bits per heavy atom. The van der Waals surface area contributed by atoms with Crippen molar-refractivity contribution in [1.29, 1.82) is 0 Å². The van der Waals surface area contributed by atoms with Gasteiger partial charge in [0.1, 0.15) is 12.8 Å². The van der Waals surface area contributed by atoms with E-state index in [1.165, 1.54) is 24.2 Å². The highest BCUT2D eigenvalue weighted by atomic mass is 31.1. The first kappa shape index (κ1) is 19.0. The summed E-state index contributed by atoms with van der Waals surface area (Å²) in [6.07, 6.45) is 5.83. The van der Waals surface area contributed by atoms with E-state index in [9.17, 15) is 9.36 Å². The molecule has 0 heterocycles. The van der Waals surface area contributed by atoms with Crippen molar-refractivity contribution in [3.05, 3.63) is 35.9 Å². The van der Waals surface area contributed by atoms with E-state index < -0.39 is 20.3 Å². The van der Waals surface area contributed by atoms with Gasteiger partial charge in [0.25, 0.3) is 0 Å². The zero-order valence-electron chi connectivity index (χ0n) is 14.6. The molecule has 134 valence electrons. The van der Waals surface area contributed by atoms with Crippen LogP contribution in [0.25, 0.3) is 0 Å². The van der Waals surface area contributed by atoms with Crippen molar-refractivity contribution in [2.75, 3.05) is 13.7 Å². The number of amides is 1. The van der Waals surface area contributed by atoms with E-state index in [2.05, 4.69) is 0 Å². The van der Waals surface area contributed by atoms with Crippen LogP contribution in [0.15, 0.2) is 30.3 Å². The van der Waals surface area contributed by atoms with Gasteiger partial charge >= 0.3 is 6.09 Å². The summed E-state index contributed by atoms with van der Waals surface area (Å²) in [5, 5.41) is 0. The van der Waals surface area contributed by atoms with E-state index in [1.807, 2.05) is 30.3 Å². The topological polar surface area (TPSA) is 55.8 Å². The Bertz CT molecular complexity index is 531. The lowest BCUT2D eigenvalue weighted by molar-refractivity contribution is 0.0148. The Kier molecular flexibility index (Phi) is 7.80. The third-order valence-corrected chi connectivity index (χ3v) is 5.09.